The van der Waals surface area contributed by atoms with Crippen LogP contribution in [0, 0.1) is 5.82 Å². The molecule has 1 fully saturated rings. The van der Waals surface area contributed by atoms with Crippen LogP contribution >= 0.6 is 12.4 Å². The smallest absolute Gasteiger partial charge is 0.337 e. The Morgan fingerprint density at radius 3 is 2.38 bits per heavy atom. The number of hydrogen-bond donors (Lipinski definition) is 2. The number of nitrogens with one attached hydrogen (secondary N) is 1. The fourth-order valence-corrected chi connectivity index (χ4v) is 4.06. The third kappa shape index (κ3) is 7.53. The van der Waals surface area contributed by atoms with Crippen LogP contribution in [0.15, 0.2) is 42.5 Å². The minimum Gasteiger partial charge on any atom is -0.465 e. The van der Waals surface area contributed by atoms with E-state index in [1.54, 1.807) is 0 Å². The Labute approximate surface area is 196 Å². The van der Waals surface area contributed by atoms with Gasteiger partial charge in [-0.3, -0.25) is 4.90 Å². The highest BCUT2D eigenvalue weighted by Crippen LogP contribution is 2.15. The molecule has 1 aliphatic heterocycles. The number of esters is 1. The number of methoxy groups -OCH3 is 1. The lowest BCUT2D eigenvalue weighted by Crippen LogP contribution is -2.42. The van der Waals surface area contributed by atoms with Crippen molar-refractivity contribution in [2.24, 2.45) is 0 Å². The first-order chi connectivity index (χ1) is 15.0. The van der Waals surface area contributed by atoms with Crippen LogP contribution in [0.25, 0.3) is 0 Å². The van der Waals surface area contributed by atoms with E-state index in [4.69, 9.17) is 0 Å². The second-order valence-electron chi connectivity index (χ2n) is 7.52. The van der Waals surface area contributed by atoms with E-state index in [1.807, 2.05) is 12.1 Å². The Kier molecular flexibility index (Phi) is 10.5. The highest BCUT2D eigenvalue weighted by molar-refractivity contribution is 7.69. The molecule has 0 amide bonds. The van der Waals surface area contributed by atoms with Crippen LogP contribution in [-0.4, -0.2) is 63.4 Å². The Bertz CT molecular complexity index is 958. The van der Waals surface area contributed by atoms with Gasteiger partial charge in [-0.1, -0.05) is 30.3 Å². The third-order valence-electron chi connectivity index (χ3n) is 5.36. The van der Waals surface area contributed by atoms with Crippen molar-refractivity contribution < 1.29 is 22.3 Å². The lowest BCUT2D eigenvalue weighted by atomic mass is 10.1. The molecular formula is C22H29ClFN3O4S. The summed E-state index contributed by atoms with van der Waals surface area (Å²) in [6.07, 6.45) is 0.527. The van der Waals surface area contributed by atoms with Crippen LogP contribution in [0.3, 0.4) is 0 Å². The second kappa shape index (κ2) is 12.9. The lowest BCUT2D eigenvalue weighted by molar-refractivity contribution is 0.0600. The van der Waals surface area contributed by atoms with Crippen molar-refractivity contribution in [1.29, 1.82) is 0 Å². The van der Waals surface area contributed by atoms with Gasteiger partial charge < -0.3 is 10.1 Å². The molecule has 0 unspecified atom stereocenters. The molecule has 32 heavy (non-hydrogen) atoms. The van der Waals surface area contributed by atoms with Crippen LogP contribution in [0.2, 0.25) is 0 Å². The number of hydrogen-bond acceptors (Lipinski definition) is 6. The molecule has 0 aromatic heterocycles. The molecule has 3 rings (SSSR count). The molecule has 7 nitrogen and oxygen atoms in total. The van der Waals surface area contributed by atoms with E-state index < -0.39 is 22.7 Å². The fourth-order valence-electron chi connectivity index (χ4n) is 3.53. The van der Waals surface area contributed by atoms with Crippen LogP contribution in [0.4, 0.5) is 4.39 Å². The van der Waals surface area contributed by atoms with Crippen molar-refractivity contribution in [3.8, 4) is 0 Å². The number of thiol groups is 1. The van der Waals surface area contributed by atoms with E-state index in [-0.39, 0.29) is 36.6 Å². The largest absolute Gasteiger partial charge is 0.465 e. The summed E-state index contributed by atoms with van der Waals surface area (Å²) in [5.41, 5.74) is 2.54. The summed E-state index contributed by atoms with van der Waals surface area (Å²) in [7, 11) is -1.66. The van der Waals surface area contributed by atoms with Crippen molar-refractivity contribution in [1.82, 2.24) is 14.5 Å². The number of halogens is 2. The van der Waals surface area contributed by atoms with Crippen molar-refractivity contribution in [2.45, 2.75) is 19.5 Å². The zero-order chi connectivity index (χ0) is 22.2. The van der Waals surface area contributed by atoms with Gasteiger partial charge >= 0.3 is 5.97 Å². The quantitative estimate of drug-likeness (QED) is 0.418. The van der Waals surface area contributed by atoms with E-state index in [0.29, 0.717) is 6.42 Å². The zero-order valence-corrected chi connectivity index (χ0v) is 19.7. The van der Waals surface area contributed by atoms with Gasteiger partial charge in [-0.05, 0) is 29.7 Å². The van der Waals surface area contributed by atoms with Gasteiger partial charge in [0.25, 0.3) is 0 Å². The topological polar surface area (TPSA) is 79.0 Å². The SMILES string of the molecule is COC(=O)c1ccc(CN(CCc2ccc(CN3CCNCC3)cc2)[SH](=O)=O)c(F)c1.Cl. The minimum atomic E-state index is -2.88. The second-order valence-corrected chi connectivity index (χ2v) is 8.56. The Morgan fingerprint density at radius 1 is 1.12 bits per heavy atom. The molecule has 0 spiro atoms. The molecule has 1 saturated heterocycles. The van der Waals surface area contributed by atoms with E-state index in [2.05, 4.69) is 27.1 Å². The summed E-state index contributed by atoms with van der Waals surface area (Å²) in [6, 6.07) is 12.1. The molecule has 0 aliphatic carbocycles. The molecule has 0 atom stereocenters. The van der Waals surface area contributed by atoms with Gasteiger partial charge in [0.15, 0.2) is 0 Å². The third-order valence-corrected chi connectivity index (χ3v) is 6.16. The van der Waals surface area contributed by atoms with Crippen LogP contribution in [0.5, 0.6) is 0 Å². The summed E-state index contributed by atoms with van der Waals surface area (Å²) >= 11 is 0. The molecule has 10 heteroatoms. The van der Waals surface area contributed by atoms with Gasteiger partial charge in [-0.15, -0.1) is 12.4 Å². The average molecular weight is 486 g/mol. The monoisotopic (exact) mass is 485 g/mol. The first-order valence-electron chi connectivity index (χ1n) is 10.2. The summed E-state index contributed by atoms with van der Waals surface area (Å²) in [6.45, 7) is 5.14. The molecule has 0 bridgehead atoms. The van der Waals surface area contributed by atoms with E-state index in [9.17, 15) is 17.6 Å². The number of nitrogens with zero attached hydrogens (tertiary/aromatic N) is 2. The molecule has 1 heterocycles. The van der Waals surface area contributed by atoms with Crippen LogP contribution in [0.1, 0.15) is 27.0 Å². The molecular weight excluding hydrogens is 457 g/mol. The summed E-state index contributed by atoms with van der Waals surface area (Å²) in [5.74, 6) is -1.28. The normalized spacial score (nSPS) is 14.4. The van der Waals surface area contributed by atoms with Gasteiger partial charge in [-0.2, -0.15) is 4.31 Å². The zero-order valence-electron chi connectivity index (χ0n) is 18.0. The summed E-state index contributed by atoms with van der Waals surface area (Å²) in [4.78, 5) is 13.9. The van der Waals surface area contributed by atoms with Crippen molar-refractivity contribution >= 4 is 29.3 Å². The Morgan fingerprint density at radius 2 is 1.78 bits per heavy atom. The van der Waals surface area contributed by atoms with Gasteiger partial charge in [0.05, 0.1) is 12.7 Å². The lowest BCUT2D eigenvalue weighted by Gasteiger charge is -2.27. The highest BCUT2D eigenvalue weighted by Gasteiger charge is 2.15. The maximum absolute atomic E-state index is 14.3. The van der Waals surface area contributed by atoms with Gasteiger partial charge in [-0.25, -0.2) is 17.6 Å². The molecule has 0 saturated carbocycles. The molecule has 176 valence electrons. The Balaban J connectivity index is 0.00000363. The molecule has 0 radical (unpaired) electrons. The van der Waals surface area contributed by atoms with Crippen molar-refractivity contribution in [3.63, 3.8) is 0 Å². The van der Waals surface area contributed by atoms with E-state index in [1.165, 1.54) is 29.1 Å². The summed E-state index contributed by atoms with van der Waals surface area (Å²) in [5, 5.41) is 3.34. The first kappa shape index (κ1) is 26.2. The maximum Gasteiger partial charge on any atom is 0.337 e. The maximum atomic E-state index is 14.3. The molecule has 1 N–H and O–H groups in total. The Hall–Kier alpha value is -2.04. The van der Waals surface area contributed by atoms with Gasteiger partial charge in [0.1, 0.15) is 5.82 Å². The fraction of sp³-hybridized carbons (Fsp3) is 0.409. The van der Waals surface area contributed by atoms with Crippen LogP contribution in [-0.2, 0) is 35.1 Å². The first-order valence-corrected chi connectivity index (χ1v) is 11.4. The number of carbonyl (C=O) groups excluding carboxylic acids is 1. The standard InChI is InChI=1S/C22H28FN3O4S.ClH/c1-30-22(27)19-6-7-20(21(23)14-19)16-26(31(28)29)11-8-17-2-4-18(5-3-17)15-25-12-9-24-10-13-25;/h2-7,14,24,31H,8-13,15-16H2,1H3;1H. The number of carbonyl (C=O) groups is 1. The van der Waals surface area contributed by atoms with Gasteiger partial charge in [0.2, 0.25) is 10.9 Å². The van der Waals surface area contributed by atoms with Crippen LogP contribution < -0.4 is 5.32 Å². The van der Waals surface area contributed by atoms with E-state index >= 15 is 0 Å². The molecule has 2 aromatic rings. The molecule has 1 aliphatic rings. The predicted molar refractivity (Wildman–Crippen MR) is 124 cm³/mol. The van der Waals surface area contributed by atoms with Gasteiger partial charge in [0, 0.05) is 51.4 Å². The van der Waals surface area contributed by atoms with Crippen molar-refractivity contribution in [2.75, 3.05) is 39.8 Å². The number of benzene rings is 2. The average Bonchev–Trinajstić information content (AvgIpc) is 2.78. The number of ether oxygens (including phenoxy) is 1. The van der Waals surface area contributed by atoms with Crippen molar-refractivity contribution in [3.05, 3.63) is 70.5 Å². The molecule has 2 aromatic carbocycles. The predicted octanol–water partition coefficient (Wildman–Crippen LogP) is 2.01. The number of rotatable bonds is 9. The highest BCUT2D eigenvalue weighted by atomic mass is 35.5. The minimum absolute atomic E-state index is 0. The number of piperazine rings is 1. The summed E-state index contributed by atoms with van der Waals surface area (Å²) < 4.78 is 43.5. The van der Waals surface area contributed by atoms with E-state index in [0.717, 1.165) is 44.4 Å².